The van der Waals surface area contributed by atoms with Crippen molar-refractivity contribution in [3.63, 3.8) is 0 Å². The highest BCUT2D eigenvalue weighted by Gasteiger charge is 2.28. The molecule has 0 N–H and O–H groups in total. The molecule has 1 aliphatic heterocycles. The summed E-state index contributed by atoms with van der Waals surface area (Å²) in [5.74, 6) is 0.849. The monoisotopic (exact) mass is 371 g/mol. The summed E-state index contributed by atoms with van der Waals surface area (Å²) in [5, 5.41) is 4.18. The number of ether oxygens (including phenoxy) is 2. The smallest absolute Gasteiger partial charge is 0.244 e. The van der Waals surface area contributed by atoms with E-state index < -0.39 is 10.0 Å². The van der Waals surface area contributed by atoms with Gasteiger partial charge in [-0.1, -0.05) is 18.5 Å². The van der Waals surface area contributed by atoms with Gasteiger partial charge in [0.05, 0.1) is 11.2 Å². The van der Waals surface area contributed by atoms with Gasteiger partial charge >= 0.3 is 0 Å². The Morgan fingerprint density at radius 2 is 1.96 bits per heavy atom. The molecule has 9 heteroatoms. The number of benzene rings is 1. The van der Waals surface area contributed by atoms with Gasteiger partial charge in [-0.25, -0.2) is 8.42 Å². The molecule has 0 amide bonds. The van der Waals surface area contributed by atoms with Gasteiger partial charge in [-0.05, 0) is 0 Å². The second kappa shape index (κ2) is 6.62. The average Bonchev–Trinajstić information content (AvgIpc) is 2.96. The highest BCUT2D eigenvalue weighted by atomic mass is 35.5. The molecule has 0 bridgehead atoms. The number of fused-ring (bicyclic) bond motifs is 1. The fraction of sp³-hybridized carbons (Fsp3) is 0.400. The van der Waals surface area contributed by atoms with E-state index in [9.17, 15) is 8.42 Å². The lowest BCUT2D eigenvalue weighted by atomic mass is 10.3. The Balaban J connectivity index is 1.96. The Bertz CT molecular complexity index is 850. The molecule has 1 aromatic carbocycles. The van der Waals surface area contributed by atoms with Gasteiger partial charge in [0, 0.05) is 44.0 Å². The highest BCUT2D eigenvalue weighted by molar-refractivity contribution is 7.89. The lowest BCUT2D eigenvalue weighted by Crippen LogP contribution is -2.30. The SMILES string of the molecule is CCN(Cc1cnn(C)c1)S(=O)(=O)c1cc2c(cc1Cl)OCCO2. The Hall–Kier alpha value is -1.77. The number of nitrogens with zero attached hydrogens (tertiary/aromatic N) is 3. The summed E-state index contributed by atoms with van der Waals surface area (Å²) in [6, 6.07) is 2.92. The van der Waals surface area contributed by atoms with Crippen LogP contribution in [0.3, 0.4) is 0 Å². The first-order valence-electron chi connectivity index (χ1n) is 7.48. The zero-order valence-electron chi connectivity index (χ0n) is 13.4. The lowest BCUT2D eigenvalue weighted by molar-refractivity contribution is 0.171. The molecule has 0 unspecified atom stereocenters. The number of hydrogen-bond donors (Lipinski definition) is 0. The molecule has 0 radical (unpaired) electrons. The molecule has 3 rings (SSSR count). The first-order valence-corrected chi connectivity index (χ1v) is 9.30. The zero-order chi connectivity index (χ0) is 17.3. The highest BCUT2D eigenvalue weighted by Crippen LogP contribution is 2.38. The van der Waals surface area contributed by atoms with Crippen LogP contribution in [-0.4, -0.2) is 42.3 Å². The van der Waals surface area contributed by atoms with Crippen LogP contribution in [-0.2, 0) is 23.6 Å². The Labute approximate surface area is 145 Å². The predicted octanol–water partition coefficient (Wildman–Crippen LogP) is 2.06. The van der Waals surface area contributed by atoms with Crippen LogP contribution >= 0.6 is 11.6 Å². The molecule has 0 aliphatic carbocycles. The van der Waals surface area contributed by atoms with Crippen LogP contribution in [0.25, 0.3) is 0 Å². The maximum absolute atomic E-state index is 13.0. The van der Waals surface area contributed by atoms with Gasteiger partial charge < -0.3 is 9.47 Å². The second-order valence-electron chi connectivity index (χ2n) is 5.38. The predicted molar refractivity (Wildman–Crippen MR) is 88.9 cm³/mol. The molecule has 24 heavy (non-hydrogen) atoms. The van der Waals surface area contributed by atoms with Crippen LogP contribution < -0.4 is 9.47 Å². The average molecular weight is 372 g/mol. The zero-order valence-corrected chi connectivity index (χ0v) is 15.0. The minimum atomic E-state index is -3.78. The van der Waals surface area contributed by atoms with Crippen LogP contribution in [0.2, 0.25) is 5.02 Å². The van der Waals surface area contributed by atoms with Gasteiger partial charge in [-0.15, -0.1) is 0 Å². The minimum Gasteiger partial charge on any atom is -0.486 e. The molecule has 0 saturated heterocycles. The Morgan fingerprint density at radius 3 is 2.54 bits per heavy atom. The number of halogens is 1. The van der Waals surface area contributed by atoms with Gasteiger partial charge in [-0.3, -0.25) is 4.68 Å². The van der Waals surface area contributed by atoms with Crippen molar-refractivity contribution in [2.24, 2.45) is 7.05 Å². The third-order valence-electron chi connectivity index (χ3n) is 3.68. The molecular formula is C15H18ClN3O4S. The fourth-order valence-electron chi connectivity index (χ4n) is 2.51. The summed E-state index contributed by atoms with van der Waals surface area (Å²) in [6.45, 7) is 3.10. The molecule has 7 nitrogen and oxygen atoms in total. The van der Waals surface area contributed by atoms with Crippen LogP contribution in [0.5, 0.6) is 11.5 Å². The summed E-state index contributed by atoms with van der Waals surface area (Å²) in [6.07, 6.45) is 3.42. The first-order chi connectivity index (χ1) is 11.4. The van der Waals surface area contributed by atoms with Crippen LogP contribution in [0, 0.1) is 0 Å². The van der Waals surface area contributed by atoms with Crippen LogP contribution in [0.1, 0.15) is 12.5 Å². The lowest BCUT2D eigenvalue weighted by Gasteiger charge is -2.23. The van der Waals surface area contributed by atoms with Crippen molar-refractivity contribution in [1.82, 2.24) is 14.1 Å². The summed E-state index contributed by atoms with van der Waals surface area (Å²) >= 11 is 6.20. The van der Waals surface area contributed by atoms with Crippen molar-refractivity contribution in [2.45, 2.75) is 18.4 Å². The molecule has 1 aromatic heterocycles. The van der Waals surface area contributed by atoms with Crippen molar-refractivity contribution >= 4 is 21.6 Å². The molecule has 0 atom stereocenters. The van der Waals surface area contributed by atoms with Crippen molar-refractivity contribution in [2.75, 3.05) is 19.8 Å². The molecule has 2 aromatic rings. The fourth-order valence-corrected chi connectivity index (χ4v) is 4.45. The van der Waals surface area contributed by atoms with Gasteiger partial charge in [0.1, 0.15) is 18.1 Å². The van der Waals surface area contributed by atoms with E-state index in [4.69, 9.17) is 21.1 Å². The molecule has 0 spiro atoms. The van der Waals surface area contributed by atoms with E-state index >= 15 is 0 Å². The van der Waals surface area contributed by atoms with E-state index in [1.807, 2.05) is 0 Å². The largest absolute Gasteiger partial charge is 0.486 e. The standard InChI is InChI=1S/C15H18ClN3O4S/c1-3-19(10-11-8-17-18(2)9-11)24(20,21)15-7-14-13(6-12(15)16)22-4-5-23-14/h6-9H,3-5,10H2,1-2H3. The van der Waals surface area contributed by atoms with Crippen molar-refractivity contribution in [1.29, 1.82) is 0 Å². The molecule has 1 aliphatic rings. The molecule has 2 heterocycles. The number of sulfonamides is 1. The minimum absolute atomic E-state index is 0.0131. The van der Waals surface area contributed by atoms with Crippen LogP contribution in [0.15, 0.2) is 29.4 Å². The van der Waals surface area contributed by atoms with Crippen molar-refractivity contribution in [3.8, 4) is 11.5 Å². The number of rotatable bonds is 5. The first kappa shape index (κ1) is 17.1. The second-order valence-corrected chi connectivity index (χ2v) is 7.69. The number of aromatic nitrogens is 2. The van der Waals surface area contributed by atoms with Crippen LogP contribution in [0.4, 0.5) is 0 Å². The Morgan fingerprint density at radius 1 is 1.29 bits per heavy atom. The molecule has 0 saturated carbocycles. The van der Waals surface area contributed by atoms with Crippen molar-refractivity contribution < 1.29 is 17.9 Å². The molecule has 0 fully saturated rings. The summed E-state index contributed by atoms with van der Waals surface area (Å²) in [7, 11) is -1.99. The van der Waals surface area contributed by atoms with Gasteiger partial charge in [0.2, 0.25) is 10.0 Å². The van der Waals surface area contributed by atoms with E-state index in [1.54, 1.807) is 31.0 Å². The summed E-state index contributed by atoms with van der Waals surface area (Å²) < 4.78 is 39.9. The van der Waals surface area contributed by atoms with E-state index in [2.05, 4.69) is 5.10 Å². The summed E-state index contributed by atoms with van der Waals surface area (Å²) in [4.78, 5) is 0.0131. The molecule has 130 valence electrons. The third kappa shape index (κ3) is 3.22. The van der Waals surface area contributed by atoms with E-state index in [0.29, 0.717) is 31.3 Å². The van der Waals surface area contributed by atoms with E-state index in [-0.39, 0.29) is 16.5 Å². The van der Waals surface area contributed by atoms with E-state index in [0.717, 1.165) is 5.56 Å². The summed E-state index contributed by atoms with van der Waals surface area (Å²) in [5.41, 5.74) is 0.802. The van der Waals surface area contributed by atoms with E-state index in [1.165, 1.54) is 16.4 Å². The van der Waals surface area contributed by atoms with Gasteiger partial charge in [0.15, 0.2) is 11.5 Å². The third-order valence-corrected chi connectivity index (χ3v) is 6.07. The van der Waals surface area contributed by atoms with Gasteiger partial charge in [-0.2, -0.15) is 9.40 Å². The van der Waals surface area contributed by atoms with Crippen molar-refractivity contribution in [3.05, 3.63) is 35.1 Å². The molecular weight excluding hydrogens is 354 g/mol. The number of aryl methyl sites for hydroxylation is 1. The normalized spacial score (nSPS) is 14.2. The topological polar surface area (TPSA) is 73.7 Å². The Kier molecular flexibility index (Phi) is 4.71. The quantitative estimate of drug-likeness (QED) is 0.804. The maximum atomic E-state index is 13.0. The number of hydrogen-bond acceptors (Lipinski definition) is 5. The maximum Gasteiger partial charge on any atom is 0.244 e. The van der Waals surface area contributed by atoms with Gasteiger partial charge in [0.25, 0.3) is 0 Å².